The number of rotatable bonds is 3. The fourth-order valence-electron chi connectivity index (χ4n) is 1.50. The Labute approximate surface area is 108 Å². The number of anilines is 2. The summed E-state index contributed by atoms with van der Waals surface area (Å²) in [4.78, 5) is 14.7. The molecule has 0 bridgehead atoms. The molecule has 0 aliphatic rings. The van der Waals surface area contributed by atoms with Crippen molar-refractivity contribution in [2.75, 3.05) is 5.32 Å². The molecule has 0 saturated carbocycles. The molecule has 0 spiro atoms. The average Bonchev–Trinajstić information content (AvgIpc) is 2.60. The van der Waals surface area contributed by atoms with Gasteiger partial charge in [0.2, 0.25) is 0 Å². The summed E-state index contributed by atoms with van der Waals surface area (Å²) in [6, 6.07) is 1.35. The lowest BCUT2D eigenvalue weighted by molar-refractivity contribution is 0.0696. The van der Waals surface area contributed by atoms with E-state index >= 15 is 0 Å². The SMILES string of the molecule is Cc1nn(C)cc1Nc1ncc(C(=O)O)cc1Cl. The number of carbonyl (C=O) groups is 1. The number of nitrogens with one attached hydrogen (secondary N) is 1. The molecule has 0 aliphatic heterocycles. The minimum absolute atomic E-state index is 0.0495. The molecule has 2 heterocycles. The van der Waals surface area contributed by atoms with Crippen LogP contribution >= 0.6 is 11.6 Å². The van der Waals surface area contributed by atoms with E-state index in [9.17, 15) is 4.79 Å². The number of aromatic nitrogens is 3. The van der Waals surface area contributed by atoms with E-state index in [1.807, 2.05) is 6.92 Å². The lowest BCUT2D eigenvalue weighted by atomic mass is 10.3. The van der Waals surface area contributed by atoms with E-state index in [1.54, 1.807) is 17.9 Å². The van der Waals surface area contributed by atoms with Gasteiger partial charge >= 0.3 is 5.97 Å². The van der Waals surface area contributed by atoms with Crippen molar-refractivity contribution in [2.45, 2.75) is 6.92 Å². The van der Waals surface area contributed by atoms with Crippen LogP contribution in [0.4, 0.5) is 11.5 Å². The standard InChI is InChI=1S/C11H11ClN4O2/c1-6-9(5-16(2)15-6)14-10-8(12)3-7(4-13-10)11(17)18/h3-5H,1-2H3,(H,13,14)(H,17,18). The molecule has 0 fully saturated rings. The van der Waals surface area contributed by atoms with Crippen molar-refractivity contribution in [1.82, 2.24) is 14.8 Å². The van der Waals surface area contributed by atoms with E-state index in [2.05, 4.69) is 15.4 Å². The minimum atomic E-state index is -1.06. The van der Waals surface area contributed by atoms with Gasteiger partial charge in [0.25, 0.3) is 0 Å². The Hall–Kier alpha value is -2.08. The normalized spacial score (nSPS) is 10.4. The Kier molecular flexibility index (Phi) is 3.20. The van der Waals surface area contributed by atoms with Gasteiger partial charge in [-0.2, -0.15) is 5.10 Å². The summed E-state index contributed by atoms with van der Waals surface area (Å²) < 4.78 is 1.66. The molecule has 0 atom stereocenters. The van der Waals surface area contributed by atoms with E-state index in [0.29, 0.717) is 5.82 Å². The molecule has 2 aromatic rings. The van der Waals surface area contributed by atoms with E-state index in [-0.39, 0.29) is 10.6 Å². The predicted octanol–water partition coefficient (Wildman–Crippen LogP) is 2.22. The Morgan fingerprint density at radius 2 is 2.28 bits per heavy atom. The van der Waals surface area contributed by atoms with Crippen molar-refractivity contribution in [3.63, 3.8) is 0 Å². The lowest BCUT2D eigenvalue weighted by Crippen LogP contribution is -2.00. The third-order valence-electron chi connectivity index (χ3n) is 2.35. The van der Waals surface area contributed by atoms with Crippen LogP contribution in [0.2, 0.25) is 5.02 Å². The maximum absolute atomic E-state index is 10.7. The van der Waals surface area contributed by atoms with Gasteiger partial charge in [0.05, 0.1) is 22.0 Å². The van der Waals surface area contributed by atoms with Crippen LogP contribution in [0.3, 0.4) is 0 Å². The van der Waals surface area contributed by atoms with Crippen LogP contribution in [-0.4, -0.2) is 25.8 Å². The molecule has 18 heavy (non-hydrogen) atoms. The smallest absolute Gasteiger partial charge is 0.337 e. The van der Waals surface area contributed by atoms with Gasteiger partial charge in [-0.3, -0.25) is 4.68 Å². The number of nitrogens with zero attached hydrogens (tertiary/aromatic N) is 3. The molecule has 0 aliphatic carbocycles. The van der Waals surface area contributed by atoms with Gasteiger partial charge in [0.15, 0.2) is 0 Å². The lowest BCUT2D eigenvalue weighted by Gasteiger charge is -2.06. The molecule has 2 rings (SSSR count). The molecule has 6 nitrogen and oxygen atoms in total. The molecule has 0 saturated heterocycles. The summed E-state index contributed by atoms with van der Waals surface area (Å²) in [5.74, 6) is -0.661. The summed E-state index contributed by atoms with van der Waals surface area (Å²) in [6.07, 6.45) is 3.04. The molecule has 0 unspecified atom stereocenters. The predicted molar refractivity (Wildman–Crippen MR) is 67.4 cm³/mol. The monoisotopic (exact) mass is 266 g/mol. The first-order valence-corrected chi connectivity index (χ1v) is 5.51. The van der Waals surface area contributed by atoms with Gasteiger partial charge in [0.1, 0.15) is 5.82 Å². The van der Waals surface area contributed by atoms with Crippen LogP contribution in [0.25, 0.3) is 0 Å². The Morgan fingerprint density at radius 1 is 1.56 bits per heavy atom. The zero-order valence-electron chi connectivity index (χ0n) is 9.81. The van der Waals surface area contributed by atoms with Crippen LogP contribution in [0.15, 0.2) is 18.5 Å². The Balaban J connectivity index is 2.30. The van der Waals surface area contributed by atoms with Gasteiger partial charge in [0, 0.05) is 19.4 Å². The average molecular weight is 267 g/mol. The molecule has 0 radical (unpaired) electrons. The first kappa shape index (κ1) is 12.4. The molecule has 94 valence electrons. The summed E-state index contributed by atoms with van der Waals surface area (Å²) in [5.41, 5.74) is 1.63. The first-order chi connectivity index (χ1) is 8.47. The number of hydrogen-bond donors (Lipinski definition) is 2. The second-order valence-corrected chi connectivity index (χ2v) is 4.19. The summed E-state index contributed by atoms with van der Waals surface area (Å²) in [7, 11) is 1.81. The fourth-order valence-corrected chi connectivity index (χ4v) is 1.71. The topological polar surface area (TPSA) is 80.0 Å². The maximum atomic E-state index is 10.7. The quantitative estimate of drug-likeness (QED) is 0.890. The van der Waals surface area contributed by atoms with Gasteiger partial charge in [-0.25, -0.2) is 9.78 Å². The highest BCUT2D eigenvalue weighted by Gasteiger charge is 2.10. The number of aromatic carboxylic acids is 1. The Morgan fingerprint density at radius 3 is 2.78 bits per heavy atom. The third-order valence-corrected chi connectivity index (χ3v) is 2.64. The number of aryl methyl sites for hydroxylation is 2. The van der Waals surface area contributed by atoms with Crippen molar-refractivity contribution < 1.29 is 9.90 Å². The molecule has 0 aromatic carbocycles. The van der Waals surface area contributed by atoms with Crippen LogP contribution in [0.5, 0.6) is 0 Å². The number of halogens is 1. The van der Waals surface area contributed by atoms with Crippen LogP contribution in [-0.2, 0) is 7.05 Å². The number of carboxylic acid groups (broad SMARTS) is 1. The molecular weight excluding hydrogens is 256 g/mol. The van der Waals surface area contributed by atoms with Crippen molar-refractivity contribution in [1.29, 1.82) is 0 Å². The van der Waals surface area contributed by atoms with Gasteiger partial charge in [-0.1, -0.05) is 11.6 Å². The van der Waals surface area contributed by atoms with Crippen molar-refractivity contribution in [3.8, 4) is 0 Å². The van der Waals surface area contributed by atoms with E-state index in [0.717, 1.165) is 11.4 Å². The number of hydrogen-bond acceptors (Lipinski definition) is 4. The minimum Gasteiger partial charge on any atom is -0.478 e. The van der Waals surface area contributed by atoms with Crippen molar-refractivity contribution >= 4 is 29.1 Å². The third kappa shape index (κ3) is 2.43. The van der Waals surface area contributed by atoms with Crippen LogP contribution in [0.1, 0.15) is 16.1 Å². The Bertz CT molecular complexity index is 609. The van der Waals surface area contributed by atoms with Gasteiger partial charge in [-0.05, 0) is 13.0 Å². The molecule has 0 amide bonds. The van der Waals surface area contributed by atoms with Crippen LogP contribution < -0.4 is 5.32 Å². The van der Waals surface area contributed by atoms with E-state index in [4.69, 9.17) is 16.7 Å². The maximum Gasteiger partial charge on any atom is 0.337 e. The second-order valence-electron chi connectivity index (χ2n) is 3.79. The van der Waals surface area contributed by atoms with Gasteiger partial charge in [-0.15, -0.1) is 0 Å². The zero-order valence-corrected chi connectivity index (χ0v) is 10.6. The van der Waals surface area contributed by atoms with Crippen molar-refractivity contribution in [2.24, 2.45) is 7.05 Å². The molecule has 7 heteroatoms. The fraction of sp³-hybridized carbons (Fsp3) is 0.182. The summed E-state index contributed by atoms with van der Waals surface area (Å²) >= 11 is 5.97. The van der Waals surface area contributed by atoms with Gasteiger partial charge < -0.3 is 10.4 Å². The summed E-state index contributed by atoms with van der Waals surface area (Å²) in [6.45, 7) is 1.85. The zero-order chi connectivity index (χ0) is 13.3. The second kappa shape index (κ2) is 4.66. The van der Waals surface area contributed by atoms with E-state index < -0.39 is 5.97 Å². The summed E-state index contributed by atoms with van der Waals surface area (Å²) in [5, 5.41) is 16.2. The molecule has 2 aromatic heterocycles. The molecule has 2 N–H and O–H groups in total. The van der Waals surface area contributed by atoms with E-state index in [1.165, 1.54) is 12.3 Å². The van der Waals surface area contributed by atoms with Crippen LogP contribution in [0, 0.1) is 6.92 Å². The number of carboxylic acids is 1. The first-order valence-electron chi connectivity index (χ1n) is 5.13. The highest BCUT2D eigenvalue weighted by atomic mass is 35.5. The highest BCUT2D eigenvalue weighted by molar-refractivity contribution is 6.33. The highest BCUT2D eigenvalue weighted by Crippen LogP contribution is 2.25. The number of pyridine rings is 1. The largest absolute Gasteiger partial charge is 0.478 e. The molecular formula is C11H11ClN4O2. The van der Waals surface area contributed by atoms with Crippen molar-refractivity contribution in [3.05, 3.63) is 34.7 Å².